The van der Waals surface area contributed by atoms with Crippen LogP contribution in [0.5, 0.6) is 5.88 Å². The molecular formula is C11H9ClN4O. The maximum atomic E-state index is 9.56. The summed E-state index contributed by atoms with van der Waals surface area (Å²) in [6, 6.07) is 5.54. The number of aromatic hydroxyl groups is 1. The molecule has 0 saturated carbocycles. The zero-order chi connectivity index (χ0) is 12.0. The number of imidazole rings is 1. The van der Waals surface area contributed by atoms with Gasteiger partial charge in [-0.05, 0) is 19.1 Å². The molecular weight excluding hydrogens is 240 g/mol. The van der Waals surface area contributed by atoms with E-state index in [1.54, 1.807) is 0 Å². The normalized spacial score (nSPS) is 11.2. The summed E-state index contributed by atoms with van der Waals surface area (Å²) in [5.41, 5.74) is 2.38. The lowest BCUT2D eigenvalue weighted by Gasteiger charge is -1.98. The molecule has 0 aliphatic carbocycles. The van der Waals surface area contributed by atoms with Gasteiger partial charge in [-0.25, -0.2) is 4.98 Å². The van der Waals surface area contributed by atoms with Crippen LogP contribution < -0.4 is 0 Å². The van der Waals surface area contributed by atoms with Crippen LogP contribution in [0.25, 0.3) is 22.2 Å². The van der Waals surface area contributed by atoms with Crippen LogP contribution in [0.4, 0.5) is 0 Å². The summed E-state index contributed by atoms with van der Waals surface area (Å²) in [6.07, 6.45) is 0. The lowest BCUT2D eigenvalue weighted by atomic mass is 10.1. The molecule has 0 amide bonds. The first-order valence-electron chi connectivity index (χ1n) is 5.05. The van der Waals surface area contributed by atoms with Gasteiger partial charge < -0.3 is 10.1 Å². The van der Waals surface area contributed by atoms with Gasteiger partial charge in [-0.1, -0.05) is 17.7 Å². The molecule has 0 saturated heterocycles. The molecule has 0 spiro atoms. The number of hydrogen-bond acceptors (Lipinski definition) is 3. The lowest BCUT2D eigenvalue weighted by Crippen LogP contribution is -1.79. The Balaban J connectivity index is 2.23. The first-order chi connectivity index (χ1) is 8.15. The van der Waals surface area contributed by atoms with Gasteiger partial charge in [0.15, 0.2) is 5.15 Å². The summed E-state index contributed by atoms with van der Waals surface area (Å²) in [4.78, 5) is 7.18. The van der Waals surface area contributed by atoms with Gasteiger partial charge in [-0.3, -0.25) is 5.10 Å². The van der Waals surface area contributed by atoms with Crippen molar-refractivity contribution in [3.63, 3.8) is 0 Å². The number of nitrogens with zero attached hydrogens (tertiary/aromatic N) is 2. The Hall–Kier alpha value is -2.01. The third-order valence-corrected chi connectivity index (χ3v) is 2.88. The molecule has 0 fully saturated rings. The van der Waals surface area contributed by atoms with Crippen molar-refractivity contribution < 1.29 is 5.11 Å². The highest BCUT2D eigenvalue weighted by Gasteiger charge is 2.11. The summed E-state index contributed by atoms with van der Waals surface area (Å²) in [5.74, 6) is 0.732. The molecule has 0 aliphatic rings. The van der Waals surface area contributed by atoms with Gasteiger partial charge in [0.2, 0.25) is 5.88 Å². The minimum absolute atomic E-state index is 0.0193. The molecule has 0 unspecified atom stereocenters. The highest BCUT2D eigenvalue weighted by molar-refractivity contribution is 6.32. The lowest BCUT2D eigenvalue weighted by molar-refractivity contribution is 0.457. The molecule has 0 bridgehead atoms. The van der Waals surface area contributed by atoms with E-state index in [0.717, 1.165) is 22.6 Å². The topological polar surface area (TPSA) is 77.6 Å². The van der Waals surface area contributed by atoms with Crippen molar-refractivity contribution in [2.45, 2.75) is 6.92 Å². The Morgan fingerprint density at radius 2 is 2.18 bits per heavy atom. The van der Waals surface area contributed by atoms with Gasteiger partial charge in [-0.15, -0.1) is 5.10 Å². The van der Waals surface area contributed by atoms with Crippen molar-refractivity contribution in [2.24, 2.45) is 0 Å². The summed E-state index contributed by atoms with van der Waals surface area (Å²) in [7, 11) is 0. The molecule has 0 aliphatic heterocycles. The zero-order valence-electron chi connectivity index (χ0n) is 8.95. The Morgan fingerprint density at radius 3 is 2.88 bits per heavy atom. The number of fused-ring (bicyclic) bond motifs is 1. The monoisotopic (exact) mass is 248 g/mol. The molecule has 3 rings (SSSR count). The molecule has 1 aromatic carbocycles. The van der Waals surface area contributed by atoms with Crippen LogP contribution in [-0.2, 0) is 0 Å². The second-order valence-corrected chi connectivity index (χ2v) is 4.15. The van der Waals surface area contributed by atoms with E-state index in [0.29, 0.717) is 10.5 Å². The van der Waals surface area contributed by atoms with Crippen LogP contribution >= 0.6 is 11.6 Å². The number of nitrogens with one attached hydrogen (secondary N) is 2. The number of aromatic nitrogens is 4. The quantitative estimate of drug-likeness (QED) is 0.619. The number of rotatable bonds is 1. The largest absolute Gasteiger partial charge is 0.492 e. The van der Waals surface area contributed by atoms with Crippen LogP contribution in [0.1, 0.15) is 5.82 Å². The number of benzene rings is 1. The van der Waals surface area contributed by atoms with Gasteiger partial charge in [-0.2, -0.15) is 0 Å². The van der Waals surface area contributed by atoms with Gasteiger partial charge in [0.1, 0.15) is 5.82 Å². The van der Waals surface area contributed by atoms with Crippen LogP contribution in [-0.4, -0.2) is 25.3 Å². The fourth-order valence-electron chi connectivity index (χ4n) is 1.81. The average molecular weight is 249 g/mol. The van der Waals surface area contributed by atoms with Crippen LogP contribution in [0.3, 0.4) is 0 Å². The van der Waals surface area contributed by atoms with E-state index in [2.05, 4.69) is 20.2 Å². The first kappa shape index (κ1) is 10.2. The number of aryl methyl sites for hydroxylation is 1. The van der Waals surface area contributed by atoms with E-state index in [9.17, 15) is 5.11 Å². The first-order valence-corrected chi connectivity index (χ1v) is 5.42. The molecule has 2 heterocycles. The smallest absolute Gasteiger partial charge is 0.238 e. The van der Waals surface area contributed by atoms with E-state index in [4.69, 9.17) is 11.6 Å². The Labute approximate surface area is 101 Å². The van der Waals surface area contributed by atoms with Crippen LogP contribution in [0, 0.1) is 6.92 Å². The predicted octanol–water partition coefficient (Wildman–Crippen LogP) is 2.62. The summed E-state index contributed by atoms with van der Waals surface area (Å²) < 4.78 is 0. The molecule has 0 atom stereocenters. The van der Waals surface area contributed by atoms with Crippen molar-refractivity contribution in [1.82, 2.24) is 20.2 Å². The van der Waals surface area contributed by atoms with E-state index >= 15 is 0 Å². The maximum Gasteiger partial charge on any atom is 0.238 e. The standard InChI is InChI=1S/C11H9ClN4O/c1-5-13-9(10(12)14-5)6-2-3-8-7(4-6)11(17)16-15-8/h2-4H,1H3,(H,13,14)(H2,15,16,17). The highest BCUT2D eigenvalue weighted by Crippen LogP contribution is 2.30. The van der Waals surface area contributed by atoms with E-state index < -0.39 is 0 Å². The van der Waals surface area contributed by atoms with Gasteiger partial charge >= 0.3 is 0 Å². The van der Waals surface area contributed by atoms with Crippen molar-refractivity contribution in [3.05, 3.63) is 29.2 Å². The average Bonchev–Trinajstić information content (AvgIpc) is 2.83. The van der Waals surface area contributed by atoms with E-state index in [1.807, 2.05) is 25.1 Å². The van der Waals surface area contributed by atoms with Gasteiger partial charge in [0.25, 0.3) is 0 Å². The summed E-state index contributed by atoms with van der Waals surface area (Å²) in [6.45, 7) is 1.84. The third-order valence-electron chi connectivity index (χ3n) is 2.61. The Bertz CT molecular complexity index is 701. The molecule has 3 N–H and O–H groups in total. The van der Waals surface area contributed by atoms with Gasteiger partial charge in [0, 0.05) is 5.56 Å². The van der Waals surface area contributed by atoms with E-state index in [1.165, 1.54) is 0 Å². The molecule has 17 heavy (non-hydrogen) atoms. The van der Waals surface area contributed by atoms with Crippen LogP contribution in [0.15, 0.2) is 18.2 Å². The maximum absolute atomic E-state index is 9.56. The Morgan fingerprint density at radius 1 is 1.35 bits per heavy atom. The molecule has 3 aromatic rings. The Kier molecular flexibility index (Phi) is 2.09. The van der Waals surface area contributed by atoms with Crippen molar-refractivity contribution in [1.29, 1.82) is 0 Å². The van der Waals surface area contributed by atoms with Crippen LogP contribution in [0.2, 0.25) is 5.15 Å². The molecule has 6 heteroatoms. The predicted molar refractivity (Wildman–Crippen MR) is 65.1 cm³/mol. The minimum atomic E-state index is -0.0193. The van der Waals surface area contributed by atoms with Crippen molar-refractivity contribution in [3.8, 4) is 17.1 Å². The van der Waals surface area contributed by atoms with Crippen molar-refractivity contribution >= 4 is 22.5 Å². The third kappa shape index (κ3) is 1.55. The molecule has 86 valence electrons. The molecule has 0 radical (unpaired) electrons. The second-order valence-electron chi connectivity index (χ2n) is 3.80. The SMILES string of the molecule is Cc1nc(Cl)c(-c2ccc3[nH]nc(O)c3c2)[nH]1. The fraction of sp³-hybridized carbons (Fsp3) is 0.0909. The molecule has 5 nitrogen and oxygen atoms in total. The zero-order valence-corrected chi connectivity index (χ0v) is 9.71. The highest BCUT2D eigenvalue weighted by atomic mass is 35.5. The van der Waals surface area contributed by atoms with Crippen molar-refractivity contribution in [2.75, 3.05) is 0 Å². The number of H-pyrrole nitrogens is 2. The number of hydrogen-bond donors (Lipinski definition) is 3. The fourth-order valence-corrected chi connectivity index (χ4v) is 2.09. The summed E-state index contributed by atoms with van der Waals surface area (Å²) >= 11 is 6.02. The summed E-state index contributed by atoms with van der Waals surface area (Å²) in [5, 5.41) is 17.1. The molecule has 2 aromatic heterocycles. The van der Waals surface area contributed by atoms with Gasteiger partial charge in [0.05, 0.1) is 16.6 Å². The number of halogens is 1. The minimum Gasteiger partial charge on any atom is -0.492 e. The second kappa shape index (κ2) is 3.49. The number of aromatic amines is 2. The van der Waals surface area contributed by atoms with E-state index in [-0.39, 0.29) is 5.88 Å².